The number of aliphatic carboxylic acids is 1. The van der Waals surface area contributed by atoms with Crippen LogP contribution in [0, 0.1) is 5.41 Å². The van der Waals surface area contributed by atoms with Gasteiger partial charge >= 0.3 is 5.97 Å². The fourth-order valence-corrected chi connectivity index (χ4v) is 2.81. The van der Waals surface area contributed by atoms with Crippen molar-refractivity contribution in [3.8, 4) is 0 Å². The summed E-state index contributed by atoms with van der Waals surface area (Å²) >= 11 is 0. The molecule has 0 unspecified atom stereocenters. The van der Waals surface area contributed by atoms with Crippen LogP contribution >= 0.6 is 0 Å². The Morgan fingerprint density at radius 3 is 1.67 bits per heavy atom. The van der Waals surface area contributed by atoms with Gasteiger partial charge in [-0.25, -0.2) is 0 Å². The number of Topliss-reactive ketones (excluding diaryl/α,β-unsaturated/α-hetero) is 1. The van der Waals surface area contributed by atoms with Crippen molar-refractivity contribution < 1.29 is 14.7 Å². The molecule has 0 heterocycles. The summed E-state index contributed by atoms with van der Waals surface area (Å²) in [5.74, 6) is -0.722. The molecule has 0 rings (SSSR count). The number of carboxylic acids is 1. The number of carbonyl (C=O) groups excluding carboxylic acids is 1. The zero-order valence-electron chi connectivity index (χ0n) is 14.2. The minimum Gasteiger partial charge on any atom is -0.481 e. The predicted octanol–water partition coefficient (Wildman–Crippen LogP) is 5.37. The fourth-order valence-electron chi connectivity index (χ4n) is 2.81. The van der Waals surface area contributed by atoms with Gasteiger partial charge in [0.25, 0.3) is 0 Å². The van der Waals surface area contributed by atoms with Gasteiger partial charge in [0.1, 0.15) is 5.78 Å². The normalized spacial score (nSPS) is 11.6. The van der Waals surface area contributed by atoms with Gasteiger partial charge in [0.15, 0.2) is 0 Å². The third-order valence-corrected chi connectivity index (χ3v) is 4.40. The van der Waals surface area contributed by atoms with Crippen LogP contribution in [0.2, 0.25) is 0 Å². The Morgan fingerprint density at radius 1 is 0.810 bits per heavy atom. The number of carbonyl (C=O) groups is 2. The summed E-state index contributed by atoms with van der Waals surface area (Å²) in [7, 11) is 0. The molecule has 0 saturated carbocycles. The Bertz CT molecular complexity index is 285. The van der Waals surface area contributed by atoms with E-state index in [0.29, 0.717) is 0 Å². The van der Waals surface area contributed by atoms with Crippen molar-refractivity contribution in [1.29, 1.82) is 0 Å². The topological polar surface area (TPSA) is 54.4 Å². The standard InChI is InChI=1S/C18H34O3/c1-4-6-8-10-14-18(3,15-11-9-7-5-2)16(19)12-13-17(20)21/h4-15H2,1-3H3,(H,20,21). The Labute approximate surface area is 130 Å². The van der Waals surface area contributed by atoms with E-state index in [0.717, 1.165) is 25.7 Å². The maximum atomic E-state index is 12.4. The highest BCUT2D eigenvalue weighted by atomic mass is 16.4. The third-order valence-electron chi connectivity index (χ3n) is 4.40. The van der Waals surface area contributed by atoms with Crippen LogP contribution in [0.4, 0.5) is 0 Å². The first kappa shape index (κ1) is 20.1. The first-order valence-electron chi connectivity index (χ1n) is 8.71. The summed E-state index contributed by atoms with van der Waals surface area (Å²) in [4.78, 5) is 23.1. The highest BCUT2D eigenvalue weighted by Gasteiger charge is 2.31. The maximum Gasteiger partial charge on any atom is 0.303 e. The molecule has 0 fully saturated rings. The van der Waals surface area contributed by atoms with E-state index in [9.17, 15) is 9.59 Å². The fraction of sp³-hybridized carbons (Fsp3) is 0.889. The Kier molecular flexibility index (Phi) is 11.3. The number of hydrogen-bond donors (Lipinski definition) is 1. The van der Waals surface area contributed by atoms with E-state index < -0.39 is 5.97 Å². The molecule has 124 valence electrons. The molecule has 0 aliphatic heterocycles. The molecule has 0 aliphatic carbocycles. The zero-order chi connectivity index (χ0) is 16.1. The van der Waals surface area contributed by atoms with E-state index in [1.54, 1.807) is 0 Å². The average Bonchev–Trinajstić information content (AvgIpc) is 2.45. The summed E-state index contributed by atoms with van der Waals surface area (Å²) in [5, 5.41) is 8.77. The van der Waals surface area contributed by atoms with Crippen LogP contribution in [-0.4, -0.2) is 16.9 Å². The van der Waals surface area contributed by atoms with Crippen LogP contribution in [0.5, 0.6) is 0 Å². The van der Waals surface area contributed by atoms with Crippen molar-refractivity contribution in [1.82, 2.24) is 0 Å². The zero-order valence-corrected chi connectivity index (χ0v) is 14.2. The molecule has 0 saturated heterocycles. The second-order valence-electron chi connectivity index (χ2n) is 6.50. The van der Waals surface area contributed by atoms with Gasteiger partial charge in [-0.1, -0.05) is 72.1 Å². The van der Waals surface area contributed by atoms with Crippen LogP contribution in [0.3, 0.4) is 0 Å². The molecule has 0 aromatic heterocycles. The van der Waals surface area contributed by atoms with E-state index >= 15 is 0 Å². The molecule has 0 aromatic rings. The lowest BCUT2D eigenvalue weighted by Gasteiger charge is -2.28. The lowest BCUT2D eigenvalue weighted by Crippen LogP contribution is -2.28. The molecular formula is C18H34O3. The van der Waals surface area contributed by atoms with Crippen LogP contribution in [0.15, 0.2) is 0 Å². The van der Waals surface area contributed by atoms with Crippen molar-refractivity contribution in [3.05, 3.63) is 0 Å². The molecule has 21 heavy (non-hydrogen) atoms. The molecule has 0 aliphatic rings. The first-order valence-corrected chi connectivity index (χ1v) is 8.71. The lowest BCUT2D eigenvalue weighted by atomic mass is 9.75. The number of carboxylic acid groups (broad SMARTS) is 1. The monoisotopic (exact) mass is 298 g/mol. The summed E-state index contributed by atoms with van der Waals surface area (Å²) in [6.07, 6.45) is 11.3. The second kappa shape index (κ2) is 11.8. The van der Waals surface area contributed by atoms with Gasteiger partial charge in [-0.05, 0) is 12.8 Å². The molecule has 0 atom stereocenters. The van der Waals surface area contributed by atoms with Gasteiger partial charge in [0.05, 0.1) is 6.42 Å². The van der Waals surface area contributed by atoms with Crippen LogP contribution < -0.4 is 0 Å². The van der Waals surface area contributed by atoms with Gasteiger partial charge in [-0.15, -0.1) is 0 Å². The van der Waals surface area contributed by atoms with Crippen LogP contribution in [0.25, 0.3) is 0 Å². The summed E-state index contributed by atoms with van der Waals surface area (Å²) < 4.78 is 0. The Balaban J connectivity index is 4.41. The van der Waals surface area contributed by atoms with Gasteiger partial charge < -0.3 is 5.11 Å². The number of unbranched alkanes of at least 4 members (excludes halogenated alkanes) is 6. The van der Waals surface area contributed by atoms with E-state index in [-0.39, 0.29) is 24.0 Å². The maximum absolute atomic E-state index is 12.4. The van der Waals surface area contributed by atoms with Crippen LogP contribution in [-0.2, 0) is 9.59 Å². The SMILES string of the molecule is CCCCCCC(C)(CCCCCC)C(=O)CCC(=O)O. The smallest absolute Gasteiger partial charge is 0.303 e. The van der Waals surface area contributed by atoms with Crippen molar-refractivity contribution in [2.75, 3.05) is 0 Å². The molecule has 0 aromatic carbocycles. The van der Waals surface area contributed by atoms with Crippen molar-refractivity contribution >= 4 is 11.8 Å². The quantitative estimate of drug-likeness (QED) is 0.439. The minimum atomic E-state index is -0.873. The van der Waals surface area contributed by atoms with E-state index in [1.165, 1.54) is 38.5 Å². The van der Waals surface area contributed by atoms with Gasteiger partial charge in [0, 0.05) is 11.8 Å². The molecule has 0 radical (unpaired) electrons. The van der Waals surface area contributed by atoms with Gasteiger partial charge in [-0.3, -0.25) is 9.59 Å². The summed E-state index contributed by atoms with van der Waals surface area (Å²) in [6.45, 7) is 6.42. The van der Waals surface area contributed by atoms with Crippen molar-refractivity contribution in [2.45, 2.75) is 97.8 Å². The van der Waals surface area contributed by atoms with Crippen molar-refractivity contribution in [3.63, 3.8) is 0 Å². The van der Waals surface area contributed by atoms with Crippen LogP contribution in [0.1, 0.15) is 97.8 Å². The number of hydrogen-bond acceptors (Lipinski definition) is 2. The lowest BCUT2D eigenvalue weighted by molar-refractivity contribution is -0.140. The molecule has 1 N–H and O–H groups in total. The largest absolute Gasteiger partial charge is 0.481 e. The number of ketones is 1. The molecule has 0 spiro atoms. The minimum absolute atomic E-state index is 0.0294. The molecule has 0 amide bonds. The van der Waals surface area contributed by atoms with E-state index in [1.807, 2.05) is 0 Å². The highest BCUT2D eigenvalue weighted by molar-refractivity contribution is 5.87. The van der Waals surface area contributed by atoms with E-state index in [4.69, 9.17) is 5.11 Å². The van der Waals surface area contributed by atoms with Gasteiger partial charge in [-0.2, -0.15) is 0 Å². The molecule has 3 heteroatoms. The average molecular weight is 298 g/mol. The number of rotatable bonds is 14. The molecular weight excluding hydrogens is 264 g/mol. The highest BCUT2D eigenvalue weighted by Crippen LogP contribution is 2.34. The summed E-state index contributed by atoms with van der Waals surface area (Å²) in [5.41, 5.74) is -0.309. The Hall–Kier alpha value is -0.860. The van der Waals surface area contributed by atoms with Crippen molar-refractivity contribution in [2.24, 2.45) is 5.41 Å². The second-order valence-corrected chi connectivity index (χ2v) is 6.50. The van der Waals surface area contributed by atoms with E-state index in [2.05, 4.69) is 20.8 Å². The molecule has 3 nitrogen and oxygen atoms in total. The third kappa shape index (κ3) is 9.65. The summed E-state index contributed by atoms with van der Waals surface area (Å²) in [6, 6.07) is 0. The predicted molar refractivity (Wildman–Crippen MR) is 87.5 cm³/mol. The first-order chi connectivity index (χ1) is 9.96. The molecule has 0 bridgehead atoms. The Morgan fingerprint density at radius 2 is 1.29 bits per heavy atom. The van der Waals surface area contributed by atoms with Gasteiger partial charge in [0.2, 0.25) is 0 Å².